The summed E-state index contributed by atoms with van der Waals surface area (Å²) in [5.41, 5.74) is 0.746. The van der Waals surface area contributed by atoms with E-state index in [9.17, 15) is 4.79 Å². The number of carbonyl (C=O) groups is 1. The number of rotatable bonds is 5. The van der Waals surface area contributed by atoms with Gasteiger partial charge in [-0.1, -0.05) is 18.2 Å². The maximum absolute atomic E-state index is 11.9. The van der Waals surface area contributed by atoms with Crippen molar-refractivity contribution in [3.05, 3.63) is 29.8 Å². The number of hydrogen-bond acceptors (Lipinski definition) is 4. The molecule has 0 aromatic heterocycles. The highest BCUT2D eigenvalue weighted by molar-refractivity contribution is 14.0. The largest absolute Gasteiger partial charge is 0.488 e. The van der Waals surface area contributed by atoms with Gasteiger partial charge in [0.2, 0.25) is 0 Å². The van der Waals surface area contributed by atoms with Gasteiger partial charge < -0.3 is 25.0 Å². The number of nitrogens with one attached hydrogen (secondary N) is 2. The summed E-state index contributed by atoms with van der Waals surface area (Å²) in [7, 11) is 3.44. The number of likely N-dealkylation sites (N-methyl/N-ethyl adjacent to an activating group) is 1. The van der Waals surface area contributed by atoms with E-state index in [2.05, 4.69) is 21.7 Å². The molecule has 1 atom stereocenters. The second-order valence-corrected chi connectivity index (χ2v) is 7.33. The molecule has 1 unspecified atom stereocenters. The summed E-state index contributed by atoms with van der Waals surface area (Å²) in [4.78, 5) is 17.7. The molecule has 2 N–H and O–H groups in total. The number of nitrogens with zero attached hydrogens (tertiary/aromatic N) is 2. The summed E-state index contributed by atoms with van der Waals surface area (Å²) in [6, 6.07) is 8.10. The fourth-order valence-corrected chi connectivity index (χ4v) is 2.57. The molecule has 27 heavy (non-hydrogen) atoms. The van der Waals surface area contributed by atoms with E-state index in [1.54, 1.807) is 19.0 Å². The lowest BCUT2D eigenvalue weighted by Crippen LogP contribution is -2.45. The lowest BCUT2D eigenvalue weighted by Gasteiger charge is -2.25. The molecule has 1 aromatic carbocycles. The van der Waals surface area contributed by atoms with Crippen molar-refractivity contribution in [3.8, 4) is 5.75 Å². The summed E-state index contributed by atoms with van der Waals surface area (Å²) in [5.74, 6) is 1.64. The van der Waals surface area contributed by atoms with Crippen molar-refractivity contribution in [2.24, 2.45) is 4.99 Å². The van der Waals surface area contributed by atoms with Gasteiger partial charge in [-0.15, -0.1) is 24.0 Å². The van der Waals surface area contributed by atoms with Crippen LogP contribution in [0, 0.1) is 0 Å². The van der Waals surface area contributed by atoms with Crippen molar-refractivity contribution in [2.45, 2.75) is 38.9 Å². The maximum Gasteiger partial charge on any atom is 0.410 e. The number of para-hydroxylation sites is 1. The molecule has 8 heteroatoms. The first-order valence-electron chi connectivity index (χ1n) is 8.91. The van der Waals surface area contributed by atoms with Gasteiger partial charge in [-0.25, -0.2) is 4.79 Å². The molecule has 1 aliphatic rings. The lowest BCUT2D eigenvalue weighted by atomic mass is 10.1. The van der Waals surface area contributed by atoms with Crippen LogP contribution in [0.1, 0.15) is 26.3 Å². The van der Waals surface area contributed by atoms with Gasteiger partial charge in [0, 0.05) is 33.6 Å². The summed E-state index contributed by atoms with van der Waals surface area (Å²) in [6.07, 6.45) is 0.649. The van der Waals surface area contributed by atoms with Crippen LogP contribution >= 0.6 is 24.0 Å². The third-order valence-electron chi connectivity index (χ3n) is 3.88. The molecule has 2 rings (SSSR count). The Morgan fingerprint density at radius 1 is 1.33 bits per heavy atom. The molecule has 0 spiro atoms. The Morgan fingerprint density at radius 2 is 2.04 bits per heavy atom. The predicted octanol–water partition coefficient (Wildman–Crippen LogP) is 2.64. The Morgan fingerprint density at radius 3 is 2.67 bits per heavy atom. The van der Waals surface area contributed by atoms with Crippen LogP contribution in [-0.4, -0.2) is 62.4 Å². The van der Waals surface area contributed by atoms with E-state index in [0.717, 1.165) is 12.2 Å². The molecule has 152 valence electrons. The van der Waals surface area contributed by atoms with Crippen LogP contribution in [0.2, 0.25) is 0 Å². The zero-order valence-corrected chi connectivity index (χ0v) is 19.1. The molecule has 0 saturated carbocycles. The molecule has 0 fully saturated rings. The zero-order chi connectivity index (χ0) is 19.2. The van der Waals surface area contributed by atoms with Gasteiger partial charge in [0.1, 0.15) is 17.5 Å². The number of amides is 1. The number of benzene rings is 1. The number of ether oxygens (including phenoxy) is 2. The van der Waals surface area contributed by atoms with Gasteiger partial charge in [0.25, 0.3) is 0 Å². The summed E-state index contributed by atoms with van der Waals surface area (Å²) in [5, 5.41) is 6.46. The van der Waals surface area contributed by atoms with Crippen molar-refractivity contribution >= 4 is 36.0 Å². The van der Waals surface area contributed by atoms with Crippen molar-refractivity contribution < 1.29 is 14.3 Å². The molecule has 0 aliphatic carbocycles. The highest BCUT2D eigenvalue weighted by Crippen LogP contribution is 2.27. The van der Waals surface area contributed by atoms with Crippen molar-refractivity contribution in [1.29, 1.82) is 0 Å². The van der Waals surface area contributed by atoms with Crippen LogP contribution in [0.5, 0.6) is 5.75 Å². The van der Waals surface area contributed by atoms with Crippen molar-refractivity contribution in [3.63, 3.8) is 0 Å². The second-order valence-electron chi connectivity index (χ2n) is 7.33. The standard InChI is InChI=1S/C19H30N4O3.HI/c1-19(2,3)26-18(24)23(5)11-10-21-17(20-4)22-13-15-12-14-8-6-7-9-16(14)25-15;/h6-9,15H,10-13H2,1-5H3,(H2,20,21,22);1H. The van der Waals surface area contributed by atoms with Gasteiger partial charge in [0.15, 0.2) is 5.96 Å². The molecule has 0 saturated heterocycles. The SMILES string of the molecule is CN=C(NCCN(C)C(=O)OC(C)(C)C)NCC1Cc2ccccc2O1.I. The van der Waals surface area contributed by atoms with Crippen LogP contribution in [-0.2, 0) is 11.2 Å². The van der Waals surface area contributed by atoms with Gasteiger partial charge >= 0.3 is 6.09 Å². The molecule has 1 heterocycles. The fourth-order valence-electron chi connectivity index (χ4n) is 2.57. The molecule has 0 radical (unpaired) electrons. The minimum absolute atomic E-state index is 0. The van der Waals surface area contributed by atoms with Gasteiger partial charge in [-0.3, -0.25) is 4.99 Å². The maximum atomic E-state index is 11.9. The monoisotopic (exact) mass is 490 g/mol. The quantitative estimate of drug-likeness (QED) is 0.377. The molecule has 1 aromatic rings. The highest BCUT2D eigenvalue weighted by Gasteiger charge is 2.22. The summed E-state index contributed by atoms with van der Waals surface area (Å²) in [6.45, 7) is 7.31. The van der Waals surface area contributed by atoms with Gasteiger partial charge in [0.05, 0.1) is 6.54 Å². The van der Waals surface area contributed by atoms with Crippen LogP contribution < -0.4 is 15.4 Å². The Balaban J connectivity index is 0.00000364. The smallest absolute Gasteiger partial charge is 0.410 e. The first-order valence-corrected chi connectivity index (χ1v) is 8.91. The number of aliphatic imine (C=N–C) groups is 1. The molecule has 7 nitrogen and oxygen atoms in total. The van der Waals surface area contributed by atoms with E-state index in [1.807, 2.05) is 39.0 Å². The minimum Gasteiger partial charge on any atom is -0.488 e. The highest BCUT2D eigenvalue weighted by atomic mass is 127. The molecular weight excluding hydrogens is 459 g/mol. The van der Waals surface area contributed by atoms with Gasteiger partial charge in [-0.2, -0.15) is 0 Å². The second kappa shape index (κ2) is 10.6. The Labute approximate surface area is 178 Å². The first-order chi connectivity index (χ1) is 12.3. The summed E-state index contributed by atoms with van der Waals surface area (Å²) >= 11 is 0. The van der Waals surface area contributed by atoms with Gasteiger partial charge in [-0.05, 0) is 32.4 Å². The summed E-state index contributed by atoms with van der Waals surface area (Å²) < 4.78 is 11.2. The molecule has 0 bridgehead atoms. The average molecular weight is 490 g/mol. The van der Waals surface area contributed by atoms with E-state index < -0.39 is 5.60 Å². The van der Waals surface area contributed by atoms with Crippen LogP contribution in [0.15, 0.2) is 29.3 Å². The number of guanidine groups is 1. The lowest BCUT2D eigenvalue weighted by molar-refractivity contribution is 0.0302. The van der Waals surface area contributed by atoms with E-state index in [1.165, 1.54) is 5.56 Å². The molecule has 1 amide bonds. The van der Waals surface area contributed by atoms with Crippen molar-refractivity contribution in [2.75, 3.05) is 33.7 Å². The third-order valence-corrected chi connectivity index (χ3v) is 3.88. The number of halogens is 1. The first kappa shape index (κ1) is 23.3. The van der Waals surface area contributed by atoms with E-state index in [0.29, 0.717) is 25.6 Å². The Bertz CT molecular complexity index is 621. The van der Waals surface area contributed by atoms with Crippen molar-refractivity contribution in [1.82, 2.24) is 15.5 Å². The van der Waals surface area contributed by atoms with Crippen LogP contribution in [0.25, 0.3) is 0 Å². The van der Waals surface area contributed by atoms with Crippen LogP contribution in [0.4, 0.5) is 4.79 Å². The Hall–Kier alpha value is -1.71. The average Bonchev–Trinajstić information content (AvgIpc) is 2.99. The number of carbonyl (C=O) groups excluding carboxylic acids is 1. The van der Waals surface area contributed by atoms with E-state index in [-0.39, 0.29) is 36.2 Å². The normalized spacial score (nSPS) is 15.9. The van der Waals surface area contributed by atoms with Crippen LogP contribution in [0.3, 0.4) is 0 Å². The topological polar surface area (TPSA) is 75.2 Å². The Kier molecular flexibility index (Phi) is 9.14. The number of hydrogen-bond donors (Lipinski definition) is 2. The predicted molar refractivity (Wildman–Crippen MR) is 118 cm³/mol. The fraction of sp³-hybridized carbons (Fsp3) is 0.579. The number of fused-ring (bicyclic) bond motifs is 1. The third kappa shape index (κ3) is 7.82. The van der Waals surface area contributed by atoms with E-state index >= 15 is 0 Å². The van der Waals surface area contributed by atoms with E-state index in [4.69, 9.17) is 9.47 Å². The minimum atomic E-state index is -0.491. The molecule has 1 aliphatic heterocycles. The zero-order valence-electron chi connectivity index (χ0n) is 16.7. The molecular formula is C19H31IN4O3.